The molecule has 2 rings (SSSR count). The van der Waals surface area contributed by atoms with Crippen LogP contribution in [-0.2, 0) is 0 Å². The average molecular weight is 303 g/mol. The van der Waals surface area contributed by atoms with Gasteiger partial charge in [-0.2, -0.15) is 5.10 Å². The molecular formula is C14H17N5O3. The first-order valence-electron chi connectivity index (χ1n) is 6.51. The highest BCUT2D eigenvalue weighted by Crippen LogP contribution is 2.27. The van der Waals surface area contributed by atoms with E-state index in [1.807, 2.05) is 19.1 Å². The van der Waals surface area contributed by atoms with Crippen LogP contribution in [0.2, 0.25) is 0 Å². The maximum absolute atomic E-state index is 11.4. The zero-order valence-corrected chi connectivity index (χ0v) is 12.8. The Bertz CT molecular complexity index is 754. The molecule has 0 unspecified atom stereocenters. The molecule has 1 aromatic heterocycles. The Balaban J connectivity index is 2.21. The molecule has 0 aliphatic carbocycles. The van der Waals surface area contributed by atoms with Gasteiger partial charge in [-0.15, -0.1) is 10.2 Å². The van der Waals surface area contributed by atoms with Crippen LogP contribution in [0.25, 0.3) is 0 Å². The normalized spacial score (nSPS) is 11.2. The van der Waals surface area contributed by atoms with Crippen molar-refractivity contribution < 1.29 is 9.47 Å². The molecule has 2 aromatic rings. The van der Waals surface area contributed by atoms with Gasteiger partial charge in [-0.1, -0.05) is 0 Å². The Labute approximate surface area is 127 Å². The van der Waals surface area contributed by atoms with Gasteiger partial charge < -0.3 is 9.47 Å². The van der Waals surface area contributed by atoms with Crippen LogP contribution >= 0.6 is 0 Å². The lowest BCUT2D eigenvalue weighted by Gasteiger charge is -2.09. The van der Waals surface area contributed by atoms with E-state index in [1.165, 1.54) is 0 Å². The van der Waals surface area contributed by atoms with Gasteiger partial charge in [0.2, 0.25) is 5.95 Å². The second-order valence-corrected chi connectivity index (χ2v) is 4.47. The number of nitrogens with one attached hydrogen (secondary N) is 2. The molecule has 0 aliphatic heterocycles. The standard InChI is InChI=1S/C14H17N5O3/c1-8(10-5-6-11(21-3)12(7-10)22-4)16-18-14-15-13(20)9(2)17-19-14/h5-7H,1-4H3,(H2,15,18,19,20). The van der Waals surface area contributed by atoms with E-state index in [9.17, 15) is 4.79 Å². The molecule has 0 saturated carbocycles. The second-order valence-electron chi connectivity index (χ2n) is 4.47. The summed E-state index contributed by atoms with van der Waals surface area (Å²) in [7, 11) is 3.14. The van der Waals surface area contributed by atoms with Gasteiger partial charge in [-0.25, -0.2) is 5.43 Å². The van der Waals surface area contributed by atoms with Crippen LogP contribution in [0, 0.1) is 6.92 Å². The first-order valence-corrected chi connectivity index (χ1v) is 6.51. The predicted molar refractivity (Wildman–Crippen MR) is 82.8 cm³/mol. The summed E-state index contributed by atoms with van der Waals surface area (Å²) in [6, 6.07) is 5.45. The van der Waals surface area contributed by atoms with Crippen LogP contribution in [0.5, 0.6) is 11.5 Å². The highest BCUT2D eigenvalue weighted by Gasteiger charge is 2.06. The molecule has 0 amide bonds. The summed E-state index contributed by atoms with van der Waals surface area (Å²) in [6.07, 6.45) is 0. The van der Waals surface area contributed by atoms with E-state index in [2.05, 4.69) is 25.7 Å². The third kappa shape index (κ3) is 3.40. The third-order valence-corrected chi connectivity index (χ3v) is 2.99. The molecule has 116 valence electrons. The molecule has 8 heteroatoms. The van der Waals surface area contributed by atoms with Gasteiger partial charge in [0.1, 0.15) is 5.69 Å². The monoisotopic (exact) mass is 303 g/mol. The van der Waals surface area contributed by atoms with E-state index in [0.29, 0.717) is 22.9 Å². The number of hydrogen-bond donors (Lipinski definition) is 2. The summed E-state index contributed by atoms with van der Waals surface area (Å²) < 4.78 is 10.4. The fourth-order valence-electron chi connectivity index (χ4n) is 1.71. The molecule has 0 spiro atoms. The van der Waals surface area contributed by atoms with Gasteiger partial charge in [-0.05, 0) is 32.0 Å². The second kappa shape index (κ2) is 6.70. The van der Waals surface area contributed by atoms with Gasteiger partial charge in [0.05, 0.1) is 19.9 Å². The number of anilines is 1. The number of ether oxygens (including phenoxy) is 2. The van der Waals surface area contributed by atoms with Crippen molar-refractivity contribution in [1.29, 1.82) is 0 Å². The van der Waals surface area contributed by atoms with Gasteiger partial charge in [0.15, 0.2) is 11.5 Å². The van der Waals surface area contributed by atoms with Crippen LogP contribution in [0.1, 0.15) is 18.2 Å². The first-order chi connectivity index (χ1) is 10.5. The number of H-pyrrole nitrogens is 1. The molecule has 22 heavy (non-hydrogen) atoms. The Morgan fingerprint density at radius 1 is 1.23 bits per heavy atom. The van der Waals surface area contributed by atoms with Crippen molar-refractivity contribution in [2.45, 2.75) is 13.8 Å². The number of hydrazone groups is 1. The summed E-state index contributed by atoms with van der Waals surface area (Å²) in [5.74, 6) is 1.43. The van der Waals surface area contributed by atoms with E-state index < -0.39 is 0 Å². The van der Waals surface area contributed by atoms with E-state index >= 15 is 0 Å². The summed E-state index contributed by atoms with van der Waals surface area (Å²) >= 11 is 0. The molecule has 2 N–H and O–H groups in total. The molecule has 0 bridgehead atoms. The lowest BCUT2D eigenvalue weighted by Crippen LogP contribution is -2.16. The van der Waals surface area contributed by atoms with Crippen LogP contribution < -0.4 is 20.5 Å². The Hall–Kier alpha value is -2.90. The minimum atomic E-state index is -0.309. The quantitative estimate of drug-likeness (QED) is 0.638. The Morgan fingerprint density at radius 2 is 1.95 bits per heavy atom. The van der Waals surface area contributed by atoms with Crippen LogP contribution in [-0.4, -0.2) is 35.1 Å². The summed E-state index contributed by atoms with van der Waals surface area (Å²) in [5, 5.41) is 11.7. The lowest BCUT2D eigenvalue weighted by molar-refractivity contribution is 0.355. The van der Waals surface area contributed by atoms with Crippen molar-refractivity contribution in [1.82, 2.24) is 15.2 Å². The summed E-state index contributed by atoms with van der Waals surface area (Å²) in [4.78, 5) is 14.0. The maximum Gasteiger partial charge on any atom is 0.274 e. The predicted octanol–water partition coefficient (Wildman–Crippen LogP) is 1.33. The molecule has 1 aromatic carbocycles. The molecule has 0 saturated heterocycles. The summed E-state index contributed by atoms with van der Waals surface area (Å²) in [6.45, 7) is 3.39. The number of aryl methyl sites for hydroxylation is 1. The molecular weight excluding hydrogens is 286 g/mol. The van der Waals surface area contributed by atoms with Crippen LogP contribution in [0.3, 0.4) is 0 Å². The molecule has 1 heterocycles. The fourth-order valence-corrected chi connectivity index (χ4v) is 1.71. The van der Waals surface area contributed by atoms with Crippen molar-refractivity contribution >= 4 is 11.7 Å². The zero-order chi connectivity index (χ0) is 16.1. The van der Waals surface area contributed by atoms with Crippen LogP contribution in [0.15, 0.2) is 28.1 Å². The third-order valence-electron chi connectivity index (χ3n) is 2.99. The fraction of sp³-hybridized carbons (Fsp3) is 0.286. The number of aromatic amines is 1. The van der Waals surface area contributed by atoms with Crippen molar-refractivity contribution in [3.63, 3.8) is 0 Å². The van der Waals surface area contributed by atoms with Gasteiger partial charge in [0, 0.05) is 5.56 Å². The first kappa shape index (κ1) is 15.5. The van der Waals surface area contributed by atoms with Crippen molar-refractivity contribution in [2.75, 3.05) is 19.6 Å². The Kier molecular flexibility index (Phi) is 4.72. The number of benzene rings is 1. The van der Waals surface area contributed by atoms with Crippen molar-refractivity contribution in [3.8, 4) is 11.5 Å². The number of methoxy groups -OCH3 is 2. The molecule has 0 atom stereocenters. The highest BCUT2D eigenvalue weighted by molar-refractivity contribution is 5.99. The van der Waals surface area contributed by atoms with Gasteiger partial charge >= 0.3 is 0 Å². The van der Waals surface area contributed by atoms with Crippen molar-refractivity contribution in [3.05, 3.63) is 39.8 Å². The number of rotatable bonds is 5. The smallest absolute Gasteiger partial charge is 0.274 e. The largest absolute Gasteiger partial charge is 0.493 e. The minimum Gasteiger partial charge on any atom is -0.493 e. The van der Waals surface area contributed by atoms with E-state index in [1.54, 1.807) is 27.2 Å². The molecule has 0 fully saturated rings. The number of nitrogens with zero attached hydrogens (tertiary/aromatic N) is 3. The lowest BCUT2D eigenvalue weighted by atomic mass is 10.1. The number of aromatic nitrogens is 3. The topological polar surface area (TPSA) is 101 Å². The van der Waals surface area contributed by atoms with E-state index in [0.717, 1.165) is 5.56 Å². The van der Waals surface area contributed by atoms with Gasteiger partial charge in [0.25, 0.3) is 5.56 Å². The molecule has 8 nitrogen and oxygen atoms in total. The Morgan fingerprint density at radius 3 is 2.59 bits per heavy atom. The number of hydrogen-bond acceptors (Lipinski definition) is 7. The zero-order valence-electron chi connectivity index (χ0n) is 12.8. The minimum absolute atomic E-state index is 0.176. The summed E-state index contributed by atoms with van der Waals surface area (Å²) in [5.41, 5.74) is 4.18. The molecule has 0 aliphatic rings. The van der Waals surface area contributed by atoms with Crippen LogP contribution in [0.4, 0.5) is 5.95 Å². The molecule has 0 radical (unpaired) electrons. The van der Waals surface area contributed by atoms with Crippen molar-refractivity contribution in [2.24, 2.45) is 5.10 Å². The highest BCUT2D eigenvalue weighted by atomic mass is 16.5. The van der Waals surface area contributed by atoms with E-state index in [-0.39, 0.29) is 11.5 Å². The van der Waals surface area contributed by atoms with E-state index in [4.69, 9.17) is 9.47 Å². The maximum atomic E-state index is 11.4. The average Bonchev–Trinajstić information content (AvgIpc) is 2.54. The SMILES string of the molecule is COc1ccc(C(C)=NNc2nnc(C)c(=O)[nH]2)cc1OC. The van der Waals surface area contributed by atoms with Gasteiger partial charge in [-0.3, -0.25) is 9.78 Å².